The molecule has 0 radical (unpaired) electrons. The fourth-order valence-corrected chi connectivity index (χ4v) is 2.92. The highest BCUT2D eigenvalue weighted by Gasteiger charge is 2.14. The van der Waals surface area contributed by atoms with E-state index in [-0.39, 0.29) is 6.04 Å². The standard InChI is InChI=1S/C17H17F2N/c18-15-6-11(7-16(19)10-15)8-17(20)14-5-4-12-2-1-3-13(12)9-14/h4-7,9-10,17H,1-3,8,20H2. The van der Waals surface area contributed by atoms with Gasteiger partial charge in [0.1, 0.15) is 11.6 Å². The van der Waals surface area contributed by atoms with E-state index in [1.165, 1.54) is 29.7 Å². The first-order chi connectivity index (χ1) is 9.61. The van der Waals surface area contributed by atoms with E-state index in [1.54, 1.807) is 0 Å². The Morgan fingerprint density at radius 2 is 1.65 bits per heavy atom. The van der Waals surface area contributed by atoms with Crippen molar-refractivity contribution in [2.24, 2.45) is 5.73 Å². The molecule has 0 amide bonds. The molecule has 3 rings (SSSR count). The first kappa shape index (κ1) is 13.3. The van der Waals surface area contributed by atoms with E-state index in [1.807, 2.05) is 6.07 Å². The molecule has 2 aromatic rings. The Morgan fingerprint density at radius 1 is 0.950 bits per heavy atom. The van der Waals surface area contributed by atoms with Gasteiger partial charge in [-0.05, 0) is 60.1 Å². The van der Waals surface area contributed by atoms with Crippen molar-refractivity contribution >= 4 is 0 Å². The summed E-state index contributed by atoms with van der Waals surface area (Å²) in [6, 6.07) is 9.63. The first-order valence-electron chi connectivity index (χ1n) is 6.94. The number of fused-ring (bicyclic) bond motifs is 1. The number of hydrogen-bond donors (Lipinski definition) is 1. The number of benzene rings is 2. The van der Waals surface area contributed by atoms with Crippen molar-refractivity contribution in [1.29, 1.82) is 0 Å². The average molecular weight is 273 g/mol. The van der Waals surface area contributed by atoms with Crippen LogP contribution in [0.15, 0.2) is 36.4 Å². The van der Waals surface area contributed by atoms with Gasteiger partial charge in [-0.3, -0.25) is 0 Å². The molecule has 1 aliphatic carbocycles. The minimum Gasteiger partial charge on any atom is -0.324 e. The normalized spacial score (nSPS) is 15.2. The molecule has 0 spiro atoms. The molecule has 1 atom stereocenters. The summed E-state index contributed by atoms with van der Waals surface area (Å²) in [6.45, 7) is 0. The van der Waals surface area contributed by atoms with E-state index >= 15 is 0 Å². The summed E-state index contributed by atoms with van der Waals surface area (Å²) in [7, 11) is 0. The van der Waals surface area contributed by atoms with Crippen LogP contribution in [0.2, 0.25) is 0 Å². The second-order valence-electron chi connectivity index (χ2n) is 5.47. The Hall–Kier alpha value is -1.74. The number of halogens is 2. The van der Waals surface area contributed by atoms with E-state index < -0.39 is 11.6 Å². The summed E-state index contributed by atoms with van der Waals surface area (Å²) in [5.74, 6) is -1.11. The summed E-state index contributed by atoms with van der Waals surface area (Å²) < 4.78 is 26.4. The molecular formula is C17H17F2N. The zero-order valence-corrected chi connectivity index (χ0v) is 11.2. The van der Waals surface area contributed by atoms with Gasteiger partial charge in [-0.15, -0.1) is 0 Å². The fraction of sp³-hybridized carbons (Fsp3) is 0.294. The van der Waals surface area contributed by atoms with Crippen LogP contribution in [-0.2, 0) is 19.3 Å². The molecule has 0 heterocycles. The highest BCUT2D eigenvalue weighted by atomic mass is 19.1. The summed E-state index contributed by atoms with van der Waals surface area (Å²) >= 11 is 0. The smallest absolute Gasteiger partial charge is 0.126 e. The average Bonchev–Trinajstić information content (AvgIpc) is 2.84. The molecule has 3 heteroatoms. The summed E-state index contributed by atoms with van der Waals surface area (Å²) in [6.07, 6.45) is 3.88. The molecule has 0 saturated heterocycles. The lowest BCUT2D eigenvalue weighted by Gasteiger charge is -2.14. The Balaban J connectivity index is 1.80. The van der Waals surface area contributed by atoms with Crippen molar-refractivity contribution in [2.75, 3.05) is 0 Å². The lowest BCUT2D eigenvalue weighted by atomic mass is 9.96. The quantitative estimate of drug-likeness (QED) is 0.906. The molecule has 1 nitrogen and oxygen atoms in total. The number of aryl methyl sites for hydroxylation is 2. The van der Waals surface area contributed by atoms with Crippen LogP contribution in [0.5, 0.6) is 0 Å². The van der Waals surface area contributed by atoms with Gasteiger partial charge in [0.2, 0.25) is 0 Å². The molecule has 1 unspecified atom stereocenters. The maximum absolute atomic E-state index is 13.2. The maximum Gasteiger partial charge on any atom is 0.126 e. The lowest BCUT2D eigenvalue weighted by molar-refractivity contribution is 0.576. The molecule has 0 saturated carbocycles. The molecular weight excluding hydrogens is 256 g/mol. The third-order valence-electron chi connectivity index (χ3n) is 3.93. The molecule has 104 valence electrons. The van der Waals surface area contributed by atoms with Crippen LogP contribution in [0.3, 0.4) is 0 Å². The first-order valence-corrected chi connectivity index (χ1v) is 6.94. The van der Waals surface area contributed by atoms with E-state index in [0.717, 1.165) is 24.5 Å². The van der Waals surface area contributed by atoms with Gasteiger partial charge in [-0.2, -0.15) is 0 Å². The molecule has 1 aliphatic rings. The van der Waals surface area contributed by atoms with Gasteiger partial charge >= 0.3 is 0 Å². The van der Waals surface area contributed by atoms with Crippen LogP contribution in [0.25, 0.3) is 0 Å². The van der Waals surface area contributed by atoms with Gasteiger partial charge in [0.25, 0.3) is 0 Å². The van der Waals surface area contributed by atoms with E-state index in [9.17, 15) is 8.78 Å². The van der Waals surface area contributed by atoms with Crippen LogP contribution in [-0.4, -0.2) is 0 Å². The van der Waals surface area contributed by atoms with Crippen LogP contribution in [0.4, 0.5) is 8.78 Å². The SMILES string of the molecule is NC(Cc1cc(F)cc(F)c1)c1ccc2c(c1)CCC2. The Bertz CT molecular complexity index is 617. The summed E-state index contributed by atoms with van der Waals surface area (Å²) in [5.41, 5.74) is 10.6. The maximum atomic E-state index is 13.2. The van der Waals surface area contributed by atoms with E-state index in [2.05, 4.69) is 12.1 Å². The molecule has 20 heavy (non-hydrogen) atoms. The van der Waals surface area contributed by atoms with Crippen LogP contribution in [0, 0.1) is 11.6 Å². The monoisotopic (exact) mass is 273 g/mol. The van der Waals surface area contributed by atoms with E-state index in [4.69, 9.17) is 5.73 Å². The Kier molecular flexibility index (Phi) is 3.53. The third kappa shape index (κ3) is 2.73. The van der Waals surface area contributed by atoms with Gasteiger partial charge in [0, 0.05) is 12.1 Å². The molecule has 0 aliphatic heterocycles. The van der Waals surface area contributed by atoms with Gasteiger partial charge < -0.3 is 5.73 Å². The molecule has 2 N–H and O–H groups in total. The van der Waals surface area contributed by atoms with Crippen molar-refractivity contribution in [1.82, 2.24) is 0 Å². The Morgan fingerprint density at radius 3 is 2.40 bits per heavy atom. The number of rotatable bonds is 3. The lowest BCUT2D eigenvalue weighted by Crippen LogP contribution is -2.14. The summed E-state index contributed by atoms with van der Waals surface area (Å²) in [4.78, 5) is 0. The minimum absolute atomic E-state index is 0.234. The largest absolute Gasteiger partial charge is 0.324 e. The van der Waals surface area contributed by atoms with Gasteiger partial charge in [-0.25, -0.2) is 8.78 Å². The third-order valence-corrected chi connectivity index (χ3v) is 3.93. The molecule has 2 aromatic carbocycles. The zero-order chi connectivity index (χ0) is 14.1. The highest BCUT2D eigenvalue weighted by Crippen LogP contribution is 2.26. The molecule has 0 fully saturated rings. The van der Waals surface area contributed by atoms with Crippen molar-refractivity contribution in [3.05, 3.63) is 70.3 Å². The van der Waals surface area contributed by atoms with Crippen molar-refractivity contribution in [2.45, 2.75) is 31.7 Å². The molecule has 0 aromatic heterocycles. The predicted octanol–water partition coefficient (Wildman–Crippen LogP) is 3.70. The number of hydrogen-bond acceptors (Lipinski definition) is 1. The fourth-order valence-electron chi connectivity index (χ4n) is 2.92. The molecule has 0 bridgehead atoms. The number of nitrogens with two attached hydrogens (primary N) is 1. The second kappa shape index (κ2) is 5.33. The van der Waals surface area contributed by atoms with E-state index in [0.29, 0.717) is 12.0 Å². The zero-order valence-electron chi connectivity index (χ0n) is 11.2. The van der Waals surface area contributed by atoms with Crippen LogP contribution in [0.1, 0.15) is 34.7 Å². The second-order valence-corrected chi connectivity index (χ2v) is 5.47. The van der Waals surface area contributed by atoms with Crippen LogP contribution < -0.4 is 5.73 Å². The van der Waals surface area contributed by atoms with Crippen molar-refractivity contribution in [3.63, 3.8) is 0 Å². The predicted molar refractivity (Wildman–Crippen MR) is 75.5 cm³/mol. The topological polar surface area (TPSA) is 26.0 Å². The van der Waals surface area contributed by atoms with Gasteiger partial charge in [0.05, 0.1) is 0 Å². The Labute approximate surface area is 117 Å². The van der Waals surface area contributed by atoms with Gasteiger partial charge in [-0.1, -0.05) is 18.2 Å². The highest BCUT2D eigenvalue weighted by molar-refractivity contribution is 5.37. The van der Waals surface area contributed by atoms with Crippen molar-refractivity contribution in [3.8, 4) is 0 Å². The van der Waals surface area contributed by atoms with Gasteiger partial charge in [0.15, 0.2) is 0 Å². The van der Waals surface area contributed by atoms with Crippen molar-refractivity contribution < 1.29 is 8.78 Å². The summed E-state index contributed by atoms with van der Waals surface area (Å²) in [5, 5.41) is 0. The minimum atomic E-state index is -0.554. The van der Waals surface area contributed by atoms with Crippen LogP contribution >= 0.6 is 0 Å².